The first kappa shape index (κ1) is 16.8. The highest BCUT2D eigenvalue weighted by molar-refractivity contribution is 5.83. The molecule has 1 aliphatic carbocycles. The average molecular weight is 294 g/mol. The van der Waals surface area contributed by atoms with Crippen LogP contribution >= 0.6 is 0 Å². The first-order valence-electron chi connectivity index (χ1n) is 9.19. The number of amides is 1. The fraction of sp³-hybridized carbons (Fsp3) is 0.944. The highest BCUT2D eigenvalue weighted by Gasteiger charge is 2.39. The number of rotatable bonds is 5. The third-order valence-corrected chi connectivity index (χ3v) is 5.65. The molecule has 0 aromatic heterocycles. The number of hydrogen-bond donors (Lipinski definition) is 2. The largest absolute Gasteiger partial charge is 0.353 e. The van der Waals surface area contributed by atoms with Gasteiger partial charge in [0.05, 0.1) is 5.41 Å². The van der Waals surface area contributed by atoms with E-state index in [1.807, 2.05) is 0 Å². The summed E-state index contributed by atoms with van der Waals surface area (Å²) in [5.74, 6) is 1.000. The van der Waals surface area contributed by atoms with Crippen molar-refractivity contribution in [3.8, 4) is 0 Å². The van der Waals surface area contributed by atoms with Gasteiger partial charge in [-0.2, -0.15) is 0 Å². The summed E-state index contributed by atoms with van der Waals surface area (Å²) in [4.78, 5) is 12.9. The van der Waals surface area contributed by atoms with Crippen molar-refractivity contribution in [3.05, 3.63) is 0 Å². The summed E-state index contributed by atoms with van der Waals surface area (Å²) in [5.41, 5.74) is -0.147. The SMILES string of the molecule is CCCC1(C(=O)N[C@H](C)C2CCCCCC2)CCCNC1. The lowest BCUT2D eigenvalue weighted by molar-refractivity contribution is -0.133. The van der Waals surface area contributed by atoms with E-state index in [0.29, 0.717) is 17.9 Å². The van der Waals surface area contributed by atoms with E-state index in [1.54, 1.807) is 0 Å². The molecule has 0 aromatic carbocycles. The second-order valence-corrected chi connectivity index (χ2v) is 7.32. The van der Waals surface area contributed by atoms with Gasteiger partial charge in [-0.3, -0.25) is 4.79 Å². The summed E-state index contributed by atoms with van der Waals surface area (Å²) in [6, 6.07) is 0.339. The summed E-state index contributed by atoms with van der Waals surface area (Å²) in [7, 11) is 0. The second-order valence-electron chi connectivity index (χ2n) is 7.32. The van der Waals surface area contributed by atoms with Crippen molar-refractivity contribution in [2.75, 3.05) is 13.1 Å². The lowest BCUT2D eigenvalue weighted by Gasteiger charge is -2.38. The van der Waals surface area contributed by atoms with Crippen molar-refractivity contribution in [2.45, 2.75) is 84.1 Å². The van der Waals surface area contributed by atoms with Gasteiger partial charge < -0.3 is 10.6 Å². The molecule has 21 heavy (non-hydrogen) atoms. The molecule has 3 heteroatoms. The van der Waals surface area contributed by atoms with Crippen LogP contribution in [0.25, 0.3) is 0 Å². The molecule has 2 rings (SSSR count). The summed E-state index contributed by atoms with van der Waals surface area (Å²) < 4.78 is 0. The van der Waals surface area contributed by atoms with Crippen LogP contribution in [-0.2, 0) is 4.79 Å². The molecule has 1 aliphatic heterocycles. The van der Waals surface area contributed by atoms with E-state index in [4.69, 9.17) is 0 Å². The first-order chi connectivity index (χ1) is 10.2. The lowest BCUT2D eigenvalue weighted by atomic mass is 9.75. The molecule has 122 valence electrons. The van der Waals surface area contributed by atoms with Crippen LogP contribution < -0.4 is 10.6 Å². The third kappa shape index (κ3) is 4.45. The van der Waals surface area contributed by atoms with Crippen molar-refractivity contribution in [1.29, 1.82) is 0 Å². The van der Waals surface area contributed by atoms with Gasteiger partial charge in [0.25, 0.3) is 0 Å². The topological polar surface area (TPSA) is 41.1 Å². The van der Waals surface area contributed by atoms with Gasteiger partial charge in [-0.05, 0) is 51.5 Å². The number of nitrogens with one attached hydrogen (secondary N) is 2. The molecule has 0 spiro atoms. The Hall–Kier alpha value is -0.570. The normalized spacial score (nSPS) is 29.6. The Kier molecular flexibility index (Phi) is 6.53. The summed E-state index contributed by atoms with van der Waals surface area (Å²) >= 11 is 0. The maximum absolute atomic E-state index is 12.9. The zero-order valence-electron chi connectivity index (χ0n) is 14.0. The van der Waals surface area contributed by atoms with E-state index in [9.17, 15) is 4.79 Å². The molecule has 3 nitrogen and oxygen atoms in total. The van der Waals surface area contributed by atoms with Crippen LogP contribution in [0.2, 0.25) is 0 Å². The van der Waals surface area contributed by atoms with E-state index in [1.165, 1.54) is 38.5 Å². The predicted octanol–water partition coefficient (Wildman–Crippen LogP) is 3.63. The smallest absolute Gasteiger partial charge is 0.227 e. The van der Waals surface area contributed by atoms with Crippen molar-refractivity contribution in [1.82, 2.24) is 10.6 Å². The Labute approximate surface area is 130 Å². The Morgan fingerprint density at radius 2 is 1.95 bits per heavy atom. The fourth-order valence-electron chi connectivity index (χ4n) is 4.26. The molecule has 1 saturated carbocycles. The van der Waals surface area contributed by atoms with Crippen LogP contribution in [0.15, 0.2) is 0 Å². The quantitative estimate of drug-likeness (QED) is 0.760. The van der Waals surface area contributed by atoms with Crippen LogP contribution in [0.4, 0.5) is 0 Å². The zero-order chi connectivity index (χ0) is 15.1. The predicted molar refractivity (Wildman–Crippen MR) is 88.2 cm³/mol. The third-order valence-electron chi connectivity index (χ3n) is 5.65. The number of carbonyl (C=O) groups excluding carboxylic acids is 1. The Bertz CT molecular complexity index is 310. The molecule has 1 amide bonds. The van der Waals surface area contributed by atoms with E-state index in [0.717, 1.165) is 38.8 Å². The molecule has 2 fully saturated rings. The summed E-state index contributed by atoms with van der Waals surface area (Å²) in [5, 5.41) is 6.84. The van der Waals surface area contributed by atoms with E-state index < -0.39 is 0 Å². The Morgan fingerprint density at radius 3 is 2.52 bits per heavy atom. The monoisotopic (exact) mass is 294 g/mol. The van der Waals surface area contributed by atoms with Crippen LogP contribution in [0.3, 0.4) is 0 Å². The number of hydrogen-bond acceptors (Lipinski definition) is 2. The molecule has 1 unspecified atom stereocenters. The van der Waals surface area contributed by atoms with E-state index in [-0.39, 0.29) is 5.41 Å². The maximum atomic E-state index is 12.9. The Morgan fingerprint density at radius 1 is 1.24 bits per heavy atom. The molecule has 0 bridgehead atoms. The molecule has 0 aromatic rings. The molecule has 1 saturated heterocycles. The van der Waals surface area contributed by atoms with Gasteiger partial charge >= 0.3 is 0 Å². The second kappa shape index (κ2) is 8.17. The van der Waals surface area contributed by atoms with Crippen molar-refractivity contribution < 1.29 is 4.79 Å². The van der Waals surface area contributed by atoms with Gasteiger partial charge in [0, 0.05) is 12.6 Å². The fourth-order valence-corrected chi connectivity index (χ4v) is 4.26. The van der Waals surface area contributed by atoms with Gasteiger partial charge in [0.15, 0.2) is 0 Å². The molecule has 0 radical (unpaired) electrons. The van der Waals surface area contributed by atoms with Gasteiger partial charge in [0.2, 0.25) is 5.91 Å². The maximum Gasteiger partial charge on any atom is 0.227 e. The number of carbonyl (C=O) groups is 1. The van der Waals surface area contributed by atoms with Crippen LogP contribution in [0.1, 0.15) is 78.1 Å². The minimum absolute atomic E-state index is 0.147. The lowest BCUT2D eigenvalue weighted by Crippen LogP contribution is -2.53. The standard InChI is InChI=1S/C18H34N2O/c1-3-11-18(12-8-13-19-14-18)17(21)20-15(2)16-9-6-4-5-7-10-16/h15-16,19H,3-14H2,1-2H3,(H,20,21)/t15-,18?/m1/s1. The molecular formula is C18H34N2O. The van der Waals surface area contributed by atoms with Crippen molar-refractivity contribution >= 4 is 5.91 Å². The minimum Gasteiger partial charge on any atom is -0.353 e. The minimum atomic E-state index is -0.147. The molecule has 1 heterocycles. The molecular weight excluding hydrogens is 260 g/mol. The average Bonchev–Trinajstić information content (AvgIpc) is 2.77. The highest BCUT2D eigenvalue weighted by Crippen LogP contribution is 2.33. The van der Waals surface area contributed by atoms with Crippen LogP contribution in [-0.4, -0.2) is 25.0 Å². The van der Waals surface area contributed by atoms with Gasteiger partial charge in [-0.25, -0.2) is 0 Å². The zero-order valence-corrected chi connectivity index (χ0v) is 14.0. The van der Waals surface area contributed by atoms with Crippen molar-refractivity contribution in [2.24, 2.45) is 11.3 Å². The summed E-state index contributed by atoms with van der Waals surface area (Å²) in [6.45, 7) is 6.35. The Balaban J connectivity index is 1.93. The van der Waals surface area contributed by atoms with Crippen LogP contribution in [0, 0.1) is 11.3 Å². The molecule has 2 atom stereocenters. The highest BCUT2D eigenvalue weighted by atomic mass is 16.2. The summed E-state index contributed by atoms with van der Waals surface area (Å²) in [6.07, 6.45) is 12.3. The van der Waals surface area contributed by atoms with Gasteiger partial charge in [0.1, 0.15) is 0 Å². The van der Waals surface area contributed by atoms with E-state index in [2.05, 4.69) is 24.5 Å². The molecule has 2 N–H and O–H groups in total. The molecule has 2 aliphatic rings. The van der Waals surface area contributed by atoms with Crippen molar-refractivity contribution in [3.63, 3.8) is 0 Å². The van der Waals surface area contributed by atoms with Crippen LogP contribution in [0.5, 0.6) is 0 Å². The van der Waals surface area contributed by atoms with E-state index >= 15 is 0 Å². The van der Waals surface area contributed by atoms with Gasteiger partial charge in [-0.15, -0.1) is 0 Å². The number of piperidine rings is 1. The van der Waals surface area contributed by atoms with Gasteiger partial charge in [-0.1, -0.05) is 39.0 Å². The first-order valence-corrected chi connectivity index (χ1v) is 9.19.